The molecule has 0 aliphatic carbocycles. The maximum absolute atomic E-state index is 14.4. The molecule has 0 spiro atoms. The van der Waals surface area contributed by atoms with Gasteiger partial charge in [0.05, 0.1) is 36.7 Å². The number of carbonyl (C=O) groups excluding carboxylic acids is 3. The number of esters is 1. The first-order chi connectivity index (χ1) is 21.9. The number of nitrogens with zero attached hydrogens (tertiary/aromatic N) is 2. The predicted molar refractivity (Wildman–Crippen MR) is 172 cm³/mol. The number of anilines is 1. The molecule has 1 heterocycles. The minimum Gasteiger partial charge on any atom is -0.508 e. The summed E-state index contributed by atoms with van der Waals surface area (Å²) in [5, 5.41) is 15.9. The van der Waals surface area contributed by atoms with Crippen LogP contribution in [-0.2, 0) is 29.1 Å². The summed E-state index contributed by atoms with van der Waals surface area (Å²) in [7, 11) is -4.18. The van der Waals surface area contributed by atoms with Gasteiger partial charge in [-0.05, 0) is 48.4 Å². The average molecular weight is 696 g/mol. The van der Waals surface area contributed by atoms with Crippen LogP contribution in [0.2, 0.25) is 10.0 Å². The topological polar surface area (TPSA) is 145 Å². The molecule has 2 amide bonds. The van der Waals surface area contributed by atoms with Crippen molar-refractivity contribution in [2.45, 2.75) is 25.4 Å². The number of halogens is 3. The fraction of sp³-hybridized carbons (Fsp3) is 0.323. The Morgan fingerprint density at radius 1 is 0.978 bits per heavy atom. The Kier molecular flexibility index (Phi) is 11.8. The molecule has 3 aromatic rings. The summed E-state index contributed by atoms with van der Waals surface area (Å²) in [4.78, 5) is 37.5. The summed E-state index contributed by atoms with van der Waals surface area (Å²) in [5.74, 6) is -3.95. The molecule has 3 N–H and O–H groups in total. The van der Waals surface area contributed by atoms with Crippen molar-refractivity contribution in [3.8, 4) is 5.75 Å². The van der Waals surface area contributed by atoms with Crippen molar-refractivity contribution in [3.63, 3.8) is 0 Å². The molecule has 1 aliphatic rings. The quantitative estimate of drug-likeness (QED) is 0.171. The van der Waals surface area contributed by atoms with Gasteiger partial charge in [0.2, 0.25) is 21.8 Å². The molecule has 4 rings (SSSR count). The third kappa shape index (κ3) is 9.32. The molecule has 1 fully saturated rings. The third-order valence-corrected chi connectivity index (χ3v) is 9.45. The highest BCUT2D eigenvalue weighted by Crippen LogP contribution is 2.37. The number of hydrogen-bond acceptors (Lipinski definition) is 8. The summed E-state index contributed by atoms with van der Waals surface area (Å²) in [6.45, 7) is 1.42. The van der Waals surface area contributed by atoms with Crippen LogP contribution in [0.3, 0.4) is 0 Å². The molecule has 1 saturated heterocycles. The van der Waals surface area contributed by atoms with Gasteiger partial charge in [-0.25, -0.2) is 12.8 Å². The number of ether oxygens (including phenoxy) is 1. The molecule has 246 valence electrons. The van der Waals surface area contributed by atoms with Crippen LogP contribution < -0.4 is 14.9 Å². The van der Waals surface area contributed by atoms with Gasteiger partial charge < -0.3 is 20.5 Å². The van der Waals surface area contributed by atoms with E-state index in [0.29, 0.717) is 10.0 Å². The van der Waals surface area contributed by atoms with Gasteiger partial charge in [-0.3, -0.25) is 23.6 Å². The smallest absolute Gasteiger partial charge is 0.315 e. The first-order valence-electron chi connectivity index (χ1n) is 14.3. The lowest BCUT2D eigenvalue weighted by atomic mass is 9.93. The Bertz CT molecular complexity index is 1590. The highest BCUT2D eigenvalue weighted by molar-refractivity contribution is 7.92. The molecular weight excluding hydrogens is 662 g/mol. The van der Waals surface area contributed by atoms with Crippen molar-refractivity contribution in [1.29, 1.82) is 0 Å². The first-order valence-corrected chi connectivity index (χ1v) is 16.7. The van der Waals surface area contributed by atoms with Crippen LogP contribution in [0.4, 0.5) is 10.1 Å². The Balaban J connectivity index is 1.47. The molecule has 1 aliphatic heterocycles. The zero-order valence-electron chi connectivity index (χ0n) is 24.8. The van der Waals surface area contributed by atoms with Crippen LogP contribution in [0.5, 0.6) is 5.75 Å². The van der Waals surface area contributed by atoms with E-state index in [2.05, 4.69) is 20.3 Å². The van der Waals surface area contributed by atoms with E-state index in [4.69, 9.17) is 23.2 Å². The molecule has 46 heavy (non-hydrogen) atoms. The normalized spacial score (nSPS) is 13.6. The largest absolute Gasteiger partial charge is 0.508 e. The van der Waals surface area contributed by atoms with Gasteiger partial charge in [0.25, 0.3) is 0 Å². The van der Waals surface area contributed by atoms with E-state index in [-0.39, 0.29) is 38.0 Å². The highest BCUT2D eigenvalue weighted by Gasteiger charge is 2.42. The summed E-state index contributed by atoms with van der Waals surface area (Å²) in [6.07, 6.45) is -0.555. The Morgan fingerprint density at radius 2 is 1.57 bits per heavy atom. The lowest BCUT2D eigenvalue weighted by Crippen LogP contribution is -2.62. The number of sulfonamides is 1. The summed E-state index contributed by atoms with van der Waals surface area (Å²) >= 11 is 12.2. The van der Waals surface area contributed by atoms with Crippen molar-refractivity contribution in [3.05, 3.63) is 93.7 Å². The van der Waals surface area contributed by atoms with E-state index >= 15 is 0 Å². The van der Waals surface area contributed by atoms with Crippen molar-refractivity contribution < 1.29 is 37.0 Å². The summed E-state index contributed by atoms with van der Waals surface area (Å²) < 4.78 is 47.5. The van der Waals surface area contributed by atoms with Gasteiger partial charge in [0.15, 0.2) is 0 Å². The van der Waals surface area contributed by atoms with E-state index in [0.717, 1.165) is 33.6 Å². The second kappa shape index (κ2) is 15.6. The number of likely N-dealkylation sites (tertiary alicyclic amines) is 1. The van der Waals surface area contributed by atoms with E-state index < -0.39 is 64.1 Å². The molecule has 0 radical (unpaired) electrons. The number of carbonyl (C=O) groups is 3. The number of phenolic OH excluding ortho intramolecular Hbond substituents is 1. The lowest BCUT2D eigenvalue weighted by Gasteiger charge is -2.49. The minimum atomic E-state index is -4.18. The van der Waals surface area contributed by atoms with Crippen molar-refractivity contribution >= 4 is 56.7 Å². The second-order valence-electron chi connectivity index (χ2n) is 10.5. The number of aromatic hydroxyl groups is 1. The third-order valence-electron chi connectivity index (χ3n) is 7.12. The minimum absolute atomic E-state index is 0.0609. The van der Waals surface area contributed by atoms with Crippen LogP contribution in [-0.4, -0.2) is 80.8 Å². The number of phenols is 1. The highest BCUT2D eigenvalue weighted by atomic mass is 35.5. The zero-order valence-corrected chi connectivity index (χ0v) is 27.1. The zero-order chi connectivity index (χ0) is 33.4. The van der Waals surface area contributed by atoms with Gasteiger partial charge in [-0.15, -0.1) is 0 Å². The van der Waals surface area contributed by atoms with Gasteiger partial charge in [-0.2, -0.15) is 0 Å². The van der Waals surface area contributed by atoms with Gasteiger partial charge in [0.1, 0.15) is 18.0 Å². The Labute approximate surface area is 276 Å². The molecular formula is C31H33Cl2FN4O7S. The van der Waals surface area contributed by atoms with Crippen molar-refractivity contribution in [2.24, 2.45) is 0 Å². The standard InChI is InChI=1S/C31H33Cl2FN4O7S/c1-2-45-30(42)16-28(40)36-17-29(41)35-11-12-46(43,44)38(25-13-24(34)14-27(39)15-25)26-18-37(19-26)31(20-3-7-22(32)8-4-20)21-5-9-23(33)10-6-21/h3-10,13-15,26,31,39H,2,11-12,16-19H2,1H3,(H,35,41)(H,36,40). The average Bonchev–Trinajstić information content (AvgIpc) is 2.96. The second-order valence-corrected chi connectivity index (χ2v) is 13.3. The van der Waals surface area contributed by atoms with Crippen LogP contribution >= 0.6 is 23.2 Å². The maximum atomic E-state index is 14.4. The first kappa shape index (κ1) is 35.0. The maximum Gasteiger partial charge on any atom is 0.315 e. The summed E-state index contributed by atoms with van der Waals surface area (Å²) in [5.41, 5.74) is 1.77. The van der Waals surface area contributed by atoms with Crippen molar-refractivity contribution in [1.82, 2.24) is 15.5 Å². The fourth-order valence-electron chi connectivity index (χ4n) is 5.10. The molecule has 0 saturated carbocycles. The number of benzene rings is 3. The number of nitrogens with one attached hydrogen (secondary N) is 2. The van der Waals surface area contributed by atoms with Crippen LogP contribution in [0.25, 0.3) is 0 Å². The number of rotatable bonds is 14. The van der Waals surface area contributed by atoms with Crippen molar-refractivity contribution in [2.75, 3.05) is 42.8 Å². The van der Waals surface area contributed by atoms with E-state index in [1.54, 1.807) is 31.2 Å². The Morgan fingerprint density at radius 3 is 2.11 bits per heavy atom. The molecule has 15 heteroatoms. The lowest BCUT2D eigenvalue weighted by molar-refractivity contribution is -0.146. The van der Waals surface area contributed by atoms with Crippen LogP contribution in [0, 0.1) is 5.82 Å². The van der Waals surface area contributed by atoms with Gasteiger partial charge >= 0.3 is 5.97 Å². The molecule has 0 unspecified atom stereocenters. The van der Waals surface area contributed by atoms with Gasteiger partial charge in [0, 0.05) is 41.8 Å². The molecule has 0 aromatic heterocycles. The predicted octanol–water partition coefficient (Wildman–Crippen LogP) is 3.63. The van der Waals surface area contributed by atoms with E-state index in [1.807, 2.05) is 24.3 Å². The number of hydrogen-bond donors (Lipinski definition) is 3. The van der Waals surface area contributed by atoms with Crippen LogP contribution in [0.1, 0.15) is 30.5 Å². The SMILES string of the molecule is CCOC(=O)CC(=O)NCC(=O)NCCS(=O)(=O)N(c1cc(O)cc(F)c1)C1CN(C(c2ccc(Cl)cc2)c2ccc(Cl)cc2)C1. The molecule has 0 bridgehead atoms. The monoisotopic (exact) mass is 694 g/mol. The van der Waals surface area contributed by atoms with E-state index in [9.17, 15) is 32.3 Å². The fourth-order valence-corrected chi connectivity index (χ4v) is 6.92. The number of amides is 2. The Hall–Kier alpha value is -3.91. The molecule has 11 nitrogen and oxygen atoms in total. The van der Waals surface area contributed by atoms with E-state index in [1.165, 1.54) is 0 Å². The molecule has 0 atom stereocenters. The van der Waals surface area contributed by atoms with Crippen LogP contribution in [0.15, 0.2) is 66.7 Å². The summed E-state index contributed by atoms with van der Waals surface area (Å²) in [6, 6.07) is 16.8. The molecule has 3 aromatic carbocycles. The van der Waals surface area contributed by atoms with Gasteiger partial charge in [-0.1, -0.05) is 47.5 Å².